The first kappa shape index (κ1) is 12.0. The van der Waals surface area contributed by atoms with Crippen LogP contribution in [0.1, 0.15) is 35.3 Å². The van der Waals surface area contributed by atoms with Gasteiger partial charge in [0, 0.05) is 0 Å². The summed E-state index contributed by atoms with van der Waals surface area (Å²) in [5.74, 6) is 0. The molecular weight excluding hydrogens is 234 g/mol. The van der Waals surface area contributed by atoms with Crippen LogP contribution in [0, 0.1) is 0 Å². The molecule has 1 aliphatic rings. The minimum atomic E-state index is -0.444. The van der Waals surface area contributed by atoms with Gasteiger partial charge < -0.3 is 0 Å². The van der Waals surface area contributed by atoms with E-state index in [1.807, 2.05) is 0 Å². The van der Waals surface area contributed by atoms with Crippen molar-refractivity contribution in [2.24, 2.45) is 0 Å². The van der Waals surface area contributed by atoms with Crippen molar-refractivity contribution in [3.8, 4) is 0 Å². The molecule has 2 unspecified atom stereocenters. The lowest BCUT2D eigenvalue weighted by Gasteiger charge is -2.23. The summed E-state index contributed by atoms with van der Waals surface area (Å²) in [5, 5.41) is 0. The maximum atomic E-state index is 6.55. The third-order valence-electron chi connectivity index (χ3n) is 3.80. The molecule has 0 aromatic heterocycles. The van der Waals surface area contributed by atoms with Crippen molar-refractivity contribution >= 4 is 15.4 Å². The second kappa shape index (κ2) is 5.28. The minimum absolute atomic E-state index is 0.444. The zero-order valence-corrected chi connectivity index (χ0v) is 11.3. The molecular formula is C16H16BP. The van der Waals surface area contributed by atoms with E-state index in [1.165, 1.54) is 24.0 Å². The summed E-state index contributed by atoms with van der Waals surface area (Å²) in [5.41, 5.74) is 3.99. The molecule has 1 fully saturated rings. The van der Waals surface area contributed by atoms with Gasteiger partial charge in [-0.2, -0.15) is 0 Å². The van der Waals surface area contributed by atoms with E-state index < -0.39 is 7.80 Å². The molecule has 0 aliphatic carbocycles. The number of hydrogen-bond acceptors (Lipinski definition) is 0. The number of rotatable bonds is 2. The topological polar surface area (TPSA) is 0 Å². The lowest BCUT2D eigenvalue weighted by Crippen LogP contribution is -1.93. The predicted molar refractivity (Wildman–Crippen MR) is 80.3 cm³/mol. The lowest BCUT2D eigenvalue weighted by molar-refractivity contribution is 0.765. The standard InChI is InChI=1S/C16H16BP/c17-18-15(13-7-3-1-4-8-13)11-12-16(18)14-9-5-2-6-10-14/h1-10,15-16H,11-12H2/t15-,16?,18?/m1/s1. The fraction of sp³-hybridized carbons (Fsp3) is 0.250. The van der Waals surface area contributed by atoms with Gasteiger partial charge in [-0.3, -0.25) is 0 Å². The van der Waals surface area contributed by atoms with Gasteiger partial charge in [-0.25, -0.2) is 0 Å². The first-order valence-electron chi connectivity index (χ1n) is 6.49. The van der Waals surface area contributed by atoms with Gasteiger partial charge in [-0.1, -0.05) is 60.7 Å². The van der Waals surface area contributed by atoms with Gasteiger partial charge in [-0.05, 0) is 35.3 Å². The van der Waals surface area contributed by atoms with Crippen LogP contribution in [0.2, 0.25) is 0 Å². The fourth-order valence-corrected chi connectivity index (χ4v) is 5.22. The zero-order valence-electron chi connectivity index (χ0n) is 10.4. The summed E-state index contributed by atoms with van der Waals surface area (Å²) in [7, 11) is 6.11. The Morgan fingerprint density at radius 3 is 1.50 bits per heavy atom. The monoisotopic (exact) mass is 250 g/mol. The van der Waals surface area contributed by atoms with Gasteiger partial charge in [-0.15, -0.1) is 7.80 Å². The van der Waals surface area contributed by atoms with Crippen molar-refractivity contribution in [3.05, 3.63) is 71.8 Å². The third-order valence-corrected chi connectivity index (χ3v) is 6.35. The molecule has 3 atom stereocenters. The minimum Gasteiger partial charge on any atom is -0.142 e. The van der Waals surface area contributed by atoms with Crippen molar-refractivity contribution in [2.45, 2.75) is 24.2 Å². The average molecular weight is 250 g/mol. The maximum absolute atomic E-state index is 6.55. The van der Waals surface area contributed by atoms with Crippen LogP contribution in [0.5, 0.6) is 0 Å². The molecule has 18 heavy (non-hydrogen) atoms. The normalized spacial score (nSPS) is 27.2. The maximum Gasteiger partial charge on any atom is 0.110 e. The van der Waals surface area contributed by atoms with Crippen LogP contribution in [-0.2, 0) is 0 Å². The quantitative estimate of drug-likeness (QED) is 0.529. The summed E-state index contributed by atoms with van der Waals surface area (Å²) in [6.45, 7) is 0. The van der Waals surface area contributed by atoms with Crippen molar-refractivity contribution in [2.75, 3.05) is 0 Å². The van der Waals surface area contributed by atoms with Crippen LogP contribution in [0.3, 0.4) is 0 Å². The van der Waals surface area contributed by atoms with Crippen molar-refractivity contribution in [3.63, 3.8) is 0 Å². The van der Waals surface area contributed by atoms with Crippen LogP contribution >= 0.6 is 7.80 Å². The Hall–Kier alpha value is -1.07. The van der Waals surface area contributed by atoms with Crippen LogP contribution < -0.4 is 0 Å². The Balaban J connectivity index is 1.83. The van der Waals surface area contributed by atoms with Crippen molar-refractivity contribution in [1.82, 2.24) is 0 Å². The SMILES string of the molecule is [B]P1C(c2ccccc2)CC[C@@H]1c1ccccc1. The highest BCUT2D eigenvalue weighted by atomic mass is 31.1. The summed E-state index contributed by atoms with van der Waals surface area (Å²) in [6, 6.07) is 21.5. The molecule has 0 nitrogen and oxygen atoms in total. The van der Waals surface area contributed by atoms with Gasteiger partial charge in [0.25, 0.3) is 0 Å². The Bertz CT molecular complexity index is 450. The molecule has 1 aliphatic heterocycles. The van der Waals surface area contributed by atoms with Gasteiger partial charge in [0.1, 0.15) is 7.57 Å². The number of benzene rings is 2. The van der Waals surface area contributed by atoms with Gasteiger partial charge >= 0.3 is 0 Å². The predicted octanol–water partition coefficient (Wildman–Crippen LogP) is 4.83. The van der Waals surface area contributed by atoms with Gasteiger partial charge in [0.05, 0.1) is 0 Å². The van der Waals surface area contributed by atoms with Gasteiger partial charge in [0.15, 0.2) is 0 Å². The molecule has 0 amide bonds. The summed E-state index contributed by atoms with van der Waals surface area (Å²) < 4.78 is 0. The van der Waals surface area contributed by atoms with Crippen molar-refractivity contribution in [1.29, 1.82) is 0 Å². The van der Waals surface area contributed by atoms with E-state index >= 15 is 0 Å². The van der Waals surface area contributed by atoms with Crippen LogP contribution in [0.4, 0.5) is 0 Å². The zero-order chi connectivity index (χ0) is 12.4. The van der Waals surface area contributed by atoms with Gasteiger partial charge in [0.2, 0.25) is 0 Å². The molecule has 0 N–H and O–H groups in total. The number of hydrogen-bond donors (Lipinski definition) is 0. The van der Waals surface area contributed by atoms with E-state index in [2.05, 4.69) is 60.7 Å². The molecule has 0 bridgehead atoms. The molecule has 2 aromatic carbocycles. The van der Waals surface area contributed by atoms with Crippen LogP contribution in [-0.4, -0.2) is 7.57 Å². The first-order valence-corrected chi connectivity index (χ1v) is 8.04. The lowest BCUT2D eigenvalue weighted by atomic mass is 10.0. The van der Waals surface area contributed by atoms with E-state index in [0.717, 1.165) is 0 Å². The van der Waals surface area contributed by atoms with E-state index in [9.17, 15) is 0 Å². The fourth-order valence-electron chi connectivity index (χ4n) is 2.86. The first-order chi connectivity index (χ1) is 8.86. The summed E-state index contributed by atoms with van der Waals surface area (Å²) in [6.07, 6.45) is 2.46. The molecule has 88 valence electrons. The van der Waals surface area contributed by atoms with E-state index in [1.54, 1.807) is 0 Å². The second-order valence-corrected chi connectivity index (χ2v) is 7.02. The highest BCUT2D eigenvalue weighted by molar-refractivity contribution is 7.82. The molecule has 0 saturated carbocycles. The highest BCUT2D eigenvalue weighted by Crippen LogP contribution is 2.67. The largest absolute Gasteiger partial charge is 0.142 e. The highest BCUT2D eigenvalue weighted by Gasteiger charge is 2.33. The van der Waals surface area contributed by atoms with Crippen LogP contribution in [0.15, 0.2) is 60.7 Å². The molecule has 0 spiro atoms. The van der Waals surface area contributed by atoms with Crippen LogP contribution in [0.25, 0.3) is 0 Å². The van der Waals surface area contributed by atoms with E-state index in [-0.39, 0.29) is 0 Å². The average Bonchev–Trinajstić information content (AvgIpc) is 2.83. The van der Waals surface area contributed by atoms with E-state index in [4.69, 9.17) is 7.57 Å². The van der Waals surface area contributed by atoms with E-state index in [0.29, 0.717) is 11.3 Å². The summed E-state index contributed by atoms with van der Waals surface area (Å²) >= 11 is 0. The molecule has 2 aromatic rings. The van der Waals surface area contributed by atoms with Crippen molar-refractivity contribution < 1.29 is 0 Å². The Labute approximate surface area is 112 Å². The summed E-state index contributed by atoms with van der Waals surface area (Å²) in [4.78, 5) is 0. The molecule has 2 radical (unpaired) electrons. The second-order valence-electron chi connectivity index (χ2n) is 4.88. The third kappa shape index (κ3) is 2.25. The Kier molecular flexibility index (Phi) is 3.52. The molecule has 1 saturated heterocycles. The molecule has 1 heterocycles. The smallest absolute Gasteiger partial charge is 0.110 e. The molecule has 2 heteroatoms. The molecule has 3 rings (SSSR count). The Morgan fingerprint density at radius 2 is 1.11 bits per heavy atom. The Morgan fingerprint density at radius 1 is 0.722 bits per heavy atom.